The number of nitrogens with zero attached hydrogens (tertiary/aromatic N) is 3. The van der Waals surface area contributed by atoms with Gasteiger partial charge in [0.15, 0.2) is 16.7 Å². The first-order chi connectivity index (χ1) is 13.0. The first-order valence-electron chi connectivity index (χ1n) is 8.27. The number of carbonyl (C=O) groups excluding carboxylic acids is 2. The van der Waals surface area contributed by atoms with E-state index in [2.05, 4.69) is 20.8 Å². The van der Waals surface area contributed by atoms with Gasteiger partial charge in [0.05, 0.1) is 11.5 Å². The van der Waals surface area contributed by atoms with E-state index in [0.717, 1.165) is 5.56 Å². The van der Waals surface area contributed by atoms with E-state index in [0.29, 0.717) is 23.3 Å². The van der Waals surface area contributed by atoms with Gasteiger partial charge in [0.1, 0.15) is 0 Å². The number of urea groups is 1. The van der Waals surface area contributed by atoms with Crippen molar-refractivity contribution in [3.05, 3.63) is 54.3 Å². The van der Waals surface area contributed by atoms with Crippen LogP contribution >= 0.6 is 11.8 Å². The van der Waals surface area contributed by atoms with Crippen molar-refractivity contribution in [3.8, 4) is 11.6 Å². The van der Waals surface area contributed by atoms with Gasteiger partial charge in [0.25, 0.3) is 0 Å². The van der Waals surface area contributed by atoms with Crippen LogP contribution in [0.25, 0.3) is 11.6 Å². The van der Waals surface area contributed by atoms with Gasteiger partial charge in [-0.3, -0.25) is 10.1 Å². The molecule has 3 aromatic rings. The summed E-state index contributed by atoms with van der Waals surface area (Å²) in [5.41, 5.74) is 0.951. The van der Waals surface area contributed by atoms with Crippen LogP contribution in [-0.4, -0.2) is 32.0 Å². The molecule has 0 aliphatic carbocycles. The number of furan rings is 1. The predicted molar refractivity (Wildman–Crippen MR) is 101 cm³/mol. The molecule has 0 radical (unpaired) electrons. The molecule has 1 unspecified atom stereocenters. The number of amides is 3. The summed E-state index contributed by atoms with van der Waals surface area (Å²) in [6.07, 6.45) is 1.56. The number of thioether (sulfide) groups is 1. The fourth-order valence-electron chi connectivity index (χ4n) is 2.29. The monoisotopic (exact) mass is 385 g/mol. The fourth-order valence-corrected chi connectivity index (χ4v) is 3.10. The molecule has 1 atom stereocenters. The lowest BCUT2D eigenvalue weighted by Gasteiger charge is -2.11. The number of hydrogen-bond acceptors (Lipinski definition) is 6. The molecule has 1 aromatic carbocycles. The van der Waals surface area contributed by atoms with E-state index < -0.39 is 17.2 Å². The summed E-state index contributed by atoms with van der Waals surface area (Å²) in [7, 11) is 1.79. The van der Waals surface area contributed by atoms with Crippen LogP contribution < -0.4 is 10.6 Å². The largest absolute Gasteiger partial charge is 0.461 e. The highest BCUT2D eigenvalue weighted by Crippen LogP contribution is 2.25. The van der Waals surface area contributed by atoms with E-state index in [1.807, 2.05) is 30.3 Å². The number of carbonyl (C=O) groups is 2. The maximum absolute atomic E-state index is 12.2. The summed E-state index contributed by atoms with van der Waals surface area (Å²) in [6.45, 7) is 2.04. The van der Waals surface area contributed by atoms with Crippen molar-refractivity contribution >= 4 is 23.7 Å². The molecule has 0 bridgehead atoms. The van der Waals surface area contributed by atoms with Crippen LogP contribution in [0.4, 0.5) is 4.79 Å². The SMILES string of the molecule is CC(Sc1nnc(-c2ccco2)n1C)C(=O)NC(=O)NCc1ccccc1. The highest BCUT2D eigenvalue weighted by Gasteiger charge is 2.21. The van der Waals surface area contributed by atoms with Crippen molar-refractivity contribution in [1.29, 1.82) is 0 Å². The Labute approximate surface area is 160 Å². The minimum absolute atomic E-state index is 0.345. The summed E-state index contributed by atoms with van der Waals surface area (Å²) >= 11 is 1.21. The zero-order valence-electron chi connectivity index (χ0n) is 14.9. The van der Waals surface area contributed by atoms with E-state index in [1.165, 1.54) is 11.8 Å². The summed E-state index contributed by atoms with van der Waals surface area (Å²) < 4.78 is 7.06. The van der Waals surface area contributed by atoms with E-state index in [1.54, 1.807) is 36.9 Å². The molecule has 2 N–H and O–H groups in total. The number of rotatable bonds is 6. The maximum Gasteiger partial charge on any atom is 0.321 e. The number of nitrogens with one attached hydrogen (secondary N) is 2. The summed E-state index contributed by atoms with van der Waals surface area (Å²) in [5, 5.41) is 13.2. The first kappa shape index (κ1) is 18.7. The molecule has 0 spiro atoms. The lowest BCUT2D eigenvalue weighted by atomic mass is 10.2. The summed E-state index contributed by atoms with van der Waals surface area (Å²) in [6, 6.07) is 12.5. The Balaban J connectivity index is 1.52. The Morgan fingerprint density at radius 1 is 1.19 bits per heavy atom. The Morgan fingerprint density at radius 2 is 1.96 bits per heavy atom. The zero-order valence-corrected chi connectivity index (χ0v) is 15.7. The third kappa shape index (κ3) is 4.76. The Morgan fingerprint density at radius 3 is 2.67 bits per heavy atom. The molecular formula is C18H19N5O3S. The zero-order chi connectivity index (χ0) is 19.2. The van der Waals surface area contributed by atoms with Crippen LogP contribution in [0, 0.1) is 0 Å². The Kier molecular flexibility index (Phi) is 5.92. The van der Waals surface area contributed by atoms with Crippen molar-refractivity contribution < 1.29 is 14.0 Å². The predicted octanol–water partition coefficient (Wildman–Crippen LogP) is 2.58. The summed E-state index contributed by atoms with van der Waals surface area (Å²) in [4.78, 5) is 24.2. The minimum Gasteiger partial charge on any atom is -0.461 e. The van der Waals surface area contributed by atoms with Crippen molar-refractivity contribution in [2.75, 3.05) is 0 Å². The molecule has 0 aliphatic heterocycles. The van der Waals surface area contributed by atoms with Gasteiger partial charge in [-0.25, -0.2) is 4.79 Å². The number of hydrogen-bond donors (Lipinski definition) is 2. The van der Waals surface area contributed by atoms with Gasteiger partial charge in [-0.2, -0.15) is 0 Å². The molecule has 3 rings (SSSR count). The van der Waals surface area contributed by atoms with Crippen molar-refractivity contribution in [2.45, 2.75) is 23.9 Å². The molecule has 2 aromatic heterocycles. The topological polar surface area (TPSA) is 102 Å². The van der Waals surface area contributed by atoms with Crippen molar-refractivity contribution in [3.63, 3.8) is 0 Å². The maximum atomic E-state index is 12.2. The average Bonchev–Trinajstić information content (AvgIpc) is 3.31. The minimum atomic E-state index is -0.537. The van der Waals surface area contributed by atoms with Gasteiger partial charge in [-0.15, -0.1) is 10.2 Å². The van der Waals surface area contributed by atoms with E-state index in [-0.39, 0.29) is 0 Å². The van der Waals surface area contributed by atoms with Crippen LogP contribution in [0.3, 0.4) is 0 Å². The second kappa shape index (κ2) is 8.54. The van der Waals surface area contributed by atoms with Crippen LogP contribution in [0.1, 0.15) is 12.5 Å². The third-order valence-corrected chi connectivity index (χ3v) is 4.89. The molecule has 3 amide bonds. The average molecular weight is 385 g/mol. The van der Waals surface area contributed by atoms with Gasteiger partial charge < -0.3 is 14.3 Å². The van der Waals surface area contributed by atoms with E-state index in [4.69, 9.17) is 4.42 Å². The molecule has 8 nitrogen and oxygen atoms in total. The fraction of sp³-hybridized carbons (Fsp3) is 0.222. The van der Waals surface area contributed by atoms with Crippen LogP contribution in [0.2, 0.25) is 0 Å². The second-order valence-electron chi connectivity index (χ2n) is 5.76. The first-order valence-corrected chi connectivity index (χ1v) is 9.15. The quantitative estimate of drug-likeness (QED) is 0.633. The summed E-state index contributed by atoms with van der Waals surface area (Å²) in [5.74, 6) is 0.748. The molecule has 140 valence electrons. The lowest BCUT2D eigenvalue weighted by molar-refractivity contribution is -0.119. The van der Waals surface area contributed by atoms with Gasteiger partial charge in [0, 0.05) is 13.6 Å². The molecule has 0 saturated carbocycles. The van der Waals surface area contributed by atoms with Crippen LogP contribution in [-0.2, 0) is 18.4 Å². The smallest absolute Gasteiger partial charge is 0.321 e. The van der Waals surface area contributed by atoms with Gasteiger partial charge in [-0.1, -0.05) is 42.1 Å². The van der Waals surface area contributed by atoms with Crippen molar-refractivity contribution in [2.24, 2.45) is 7.05 Å². The van der Waals surface area contributed by atoms with Crippen LogP contribution in [0.5, 0.6) is 0 Å². The van der Waals surface area contributed by atoms with Gasteiger partial charge >= 0.3 is 6.03 Å². The van der Waals surface area contributed by atoms with Gasteiger partial charge in [-0.05, 0) is 24.6 Å². The second-order valence-corrected chi connectivity index (χ2v) is 7.07. The molecular weight excluding hydrogens is 366 g/mol. The third-order valence-electron chi connectivity index (χ3n) is 3.76. The van der Waals surface area contributed by atoms with Crippen LogP contribution in [0.15, 0.2) is 58.3 Å². The Bertz CT molecular complexity index is 908. The highest BCUT2D eigenvalue weighted by atomic mass is 32.2. The normalized spacial score (nSPS) is 11.8. The standard InChI is InChI=1S/C18H19N5O3S/c1-12(16(24)20-17(25)19-11-13-7-4-3-5-8-13)27-18-22-21-15(23(18)2)14-9-6-10-26-14/h3-10,12H,11H2,1-2H3,(H2,19,20,24,25). The number of imide groups is 1. The highest BCUT2D eigenvalue weighted by molar-refractivity contribution is 8.00. The number of benzene rings is 1. The molecule has 0 saturated heterocycles. The molecule has 0 fully saturated rings. The van der Waals surface area contributed by atoms with E-state index >= 15 is 0 Å². The molecule has 0 aliphatic rings. The van der Waals surface area contributed by atoms with E-state index in [9.17, 15) is 9.59 Å². The molecule has 9 heteroatoms. The Hall–Kier alpha value is -3.07. The van der Waals surface area contributed by atoms with Gasteiger partial charge in [0.2, 0.25) is 5.91 Å². The van der Waals surface area contributed by atoms with Crippen molar-refractivity contribution in [1.82, 2.24) is 25.4 Å². The molecule has 2 heterocycles. The molecule has 27 heavy (non-hydrogen) atoms. The number of aromatic nitrogens is 3. The lowest BCUT2D eigenvalue weighted by Crippen LogP contribution is -2.42.